The van der Waals surface area contributed by atoms with Crippen LogP contribution in [0.2, 0.25) is 0 Å². The van der Waals surface area contributed by atoms with Gasteiger partial charge in [-0.05, 0) is 43.3 Å². The molecule has 3 aliphatic rings. The first-order valence-electron chi connectivity index (χ1n) is 11.8. The lowest BCUT2D eigenvalue weighted by molar-refractivity contribution is -0.132. The van der Waals surface area contributed by atoms with Gasteiger partial charge in [0, 0.05) is 19.0 Å². The van der Waals surface area contributed by atoms with Gasteiger partial charge in [-0.25, -0.2) is 0 Å². The monoisotopic (exact) mass is 437 g/mol. The molecule has 30 heavy (non-hydrogen) atoms. The fourth-order valence-electron chi connectivity index (χ4n) is 5.01. The van der Waals surface area contributed by atoms with Crippen molar-refractivity contribution in [1.29, 1.82) is 0 Å². The fraction of sp³-hybridized carbons (Fsp3) is 0.792. The van der Waals surface area contributed by atoms with Crippen LogP contribution in [0.25, 0.3) is 0 Å². The maximum Gasteiger partial charge on any atom is 0.232 e. The van der Waals surface area contributed by atoms with Crippen molar-refractivity contribution in [3.63, 3.8) is 0 Å². The number of fused-ring (bicyclic) bond motifs is 1. The summed E-state index contributed by atoms with van der Waals surface area (Å²) in [5.41, 5.74) is 1.48. The number of carbonyl (C=O) groups excluding carboxylic acids is 1. The molecular weight excluding hydrogens is 398 g/mol. The summed E-state index contributed by atoms with van der Waals surface area (Å²) in [6, 6.07) is 0. The SMILES string of the molecule is CCCCC[C@H](O)/C=C/[C@@H]1[C@H]2CC(CCSCC(=O)N3CCOCC3)=C[C@H]2C[C@H]1O. The summed E-state index contributed by atoms with van der Waals surface area (Å²) in [4.78, 5) is 14.1. The van der Waals surface area contributed by atoms with Gasteiger partial charge in [-0.2, -0.15) is 11.8 Å². The average molecular weight is 438 g/mol. The first-order chi connectivity index (χ1) is 14.6. The van der Waals surface area contributed by atoms with Crippen LogP contribution in [0.3, 0.4) is 0 Å². The molecular formula is C24H39NO4S. The van der Waals surface area contributed by atoms with Crippen LogP contribution < -0.4 is 0 Å². The average Bonchev–Trinajstić information content (AvgIpc) is 3.26. The highest BCUT2D eigenvalue weighted by Gasteiger charge is 2.43. The van der Waals surface area contributed by atoms with Gasteiger partial charge in [0.25, 0.3) is 0 Å². The van der Waals surface area contributed by atoms with Gasteiger partial charge >= 0.3 is 0 Å². The van der Waals surface area contributed by atoms with Crippen molar-refractivity contribution >= 4 is 17.7 Å². The number of amides is 1. The van der Waals surface area contributed by atoms with E-state index in [9.17, 15) is 15.0 Å². The number of hydrogen-bond donors (Lipinski definition) is 2. The number of aliphatic hydroxyl groups is 2. The highest BCUT2D eigenvalue weighted by molar-refractivity contribution is 7.99. The normalized spacial score (nSPS) is 30.0. The van der Waals surface area contributed by atoms with Crippen LogP contribution in [-0.4, -0.2) is 71.0 Å². The predicted molar refractivity (Wildman–Crippen MR) is 122 cm³/mol. The summed E-state index contributed by atoms with van der Waals surface area (Å²) < 4.78 is 5.30. The van der Waals surface area contributed by atoms with E-state index in [2.05, 4.69) is 19.1 Å². The van der Waals surface area contributed by atoms with Crippen LogP contribution in [0.4, 0.5) is 0 Å². The van der Waals surface area contributed by atoms with E-state index in [4.69, 9.17) is 4.74 Å². The Bertz CT molecular complexity index is 602. The van der Waals surface area contributed by atoms with Crippen molar-refractivity contribution in [1.82, 2.24) is 4.90 Å². The second-order valence-electron chi connectivity index (χ2n) is 8.98. The van der Waals surface area contributed by atoms with Gasteiger partial charge in [-0.3, -0.25) is 4.79 Å². The quantitative estimate of drug-likeness (QED) is 0.383. The number of allylic oxidation sites excluding steroid dienone is 2. The number of aliphatic hydroxyl groups excluding tert-OH is 2. The van der Waals surface area contributed by atoms with Gasteiger partial charge < -0.3 is 19.8 Å². The standard InChI is InChI=1S/C24H39NO4S/c1-2-3-4-5-20(26)6-7-21-22-15-18(14-19(22)16-23(21)27)8-13-30-17-24(28)25-9-11-29-12-10-25/h6-7,14,19-23,26-27H,2-5,8-13,15-17H2,1H3/b7-6+/t19-,20-,21+,22-,23+/m0/s1. The third-order valence-electron chi connectivity index (χ3n) is 6.77. The van der Waals surface area contributed by atoms with E-state index < -0.39 is 6.10 Å². The van der Waals surface area contributed by atoms with E-state index in [0.717, 1.165) is 63.8 Å². The zero-order valence-corrected chi connectivity index (χ0v) is 19.2. The summed E-state index contributed by atoms with van der Waals surface area (Å²) >= 11 is 1.73. The van der Waals surface area contributed by atoms with Gasteiger partial charge in [-0.1, -0.05) is 50.0 Å². The minimum atomic E-state index is -0.392. The third kappa shape index (κ3) is 6.84. The molecule has 0 radical (unpaired) electrons. The number of hydrogen-bond acceptors (Lipinski definition) is 5. The van der Waals surface area contributed by atoms with Crippen molar-refractivity contribution in [2.75, 3.05) is 37.8 Å². The van der Waals surface area contributed by atoms with Gasteiger partial charge in [0.1, 0.15) is 0 Å². The lowest BCUT2D eigenvalue weighted by atomic mass is 9.88. The Hall–Kier alpha value is -0.820. The van der Waals surface area contributed by atoms with Crippen molar-refractivity contribution in [3.8, 4) is 0 Å². The molecule has 0 spiro atoms. The summed E-state index contributed by atoms with van der Waals surface area (Å²) in [6.45, 7) is 4.92. The lowest BCUT2D eigenvalue weighted by Crippen LogP contribution is -2.41. The molecule has 0 aromatic heterocycles. The van der Waals surface area contributed by atoms with E-state index in [0.29, 0.717) is 30.8 Å². The molecule has 1 saturated heterocycles. The zero-order valence-electron chi connectivity index (χ0n) is 18.4. The Labute approximate surface area is 185 Å². The van der Waals surface area contributed by atoms with Crippen molar-refractivity contribution in [3.05, 3.63) is 23.8 Å². The molecule has 1 saturated carbocycles. The molecule has 2 aliphatic carbocycles. The smallest absolute Gasteiger partial charge is 0.232 e. The van der Waals surface area contributed by atoms with Crippen LogP contribution in [-0.2, 0) is 9.53 Å². The van der Waals surface area contributed by atoms with Crippen LogP contribution in [0.5, 0.6) is 0 Å². The van der Waals surface area contributed by atoms with Crippen LogP contribution in [0.15, 0.2) is 23.8 Å². The summed E-state index contributed by atoms with van der Waals surface area (Å²) in [6.07, 6.45) is 12.8. The van der Waals surface area contributed by atoms with E-state index in [1.807, 2.05) is 11.0 Å². The molecule has 5 atom stereocenters. The maximum absolute atomic E-state index is 12.2. The van der Waals surface area contributed by atoms with E-state index in [1.165, 1.54) is 5.57 Å². The Morgan fingerprint density at radius 2 is 2.17 bits per heavy atom. The highest BCUT2D eigenvalue weighted by atomic mass is 32.2. The summed E-state index contributed by atoms with van der Waals surface area (Å²) in [5.74, 6) is 2.84. The van der Waals surface area contributed by atoms with E-state index in [-0.39, 0.29) is 17.9 Å². The van der Waals surface area contributed by atoms with Gasteiger partial charge in [0.15, 0.2) is 0 Å². The molecule has 0 aromatic carbocycles. The Balaban J connectivity index is 1.37. The topological polar surface area (TPSA) is 70.0 Å². The van der Waals surface area contributed by atoms with Crippen LogP contribution >= 0.6 is 11.8 Å². The van der Waals surface area contributed by atoms with E-state index >= 15 is 0 Å². The number of ether oxygens (including phenoxy) is 1. The summed E-state index contributed by atoms with van der Waals surface area (Å²) in [5, 5.41) is 20.7. The molecule has 1 amide bonds. The fourth-order valence-corrected chi connectivity index (χ4v) is 5.92. The largest absolute Gasteiger partial charge is 0.392 e. The number of rotatable bonds is 11. The molecule has 0 unspecified atom stereocenters. The third-order valence-corrected chi connectivity index (χ3v) is 7.71. The van der Waals surface area contributed by atoms with Gasteiger partial charge in [0.2, 0.25) is 5.91 Å². The maximum atomic E-state index is 12.2. The molecule has 5 nitrogen and oxygen atoms in total. The minimum Gasteiger partial charge on any atom is -0.392 e. The molecule has 3 rings (SSSR count). The van der Waals surface area contributed by atoms with Gasteiger partial charge in [-0.15, -0.1) is 0 Å². The van der Waals surface area contributed by atoms with Gasteiger partial charge in [0.05, 0.1) is 31.2 Å². The summed E-state index contributed by atoms with van der Waals surface area (Å²) in [7, 11) is 0. The first kappa shape index (κ1) is 23.8. The molecule has 0 bridgehead atoms. The molecule has 6 heteroatoms. The second-order valence-corrected chi connectivity index (χ2v) is 10.1. The molecule has 2 N–H and O–H groups in total. The number of nitrogens with zero attached hydrogens (tertiary/aromatic N) is 1. The molecule has 1 aliphatic heterocycles. The number of carbonyl (C=O) groups is 1. The Morgan fingerprint density at radius 3 is 2.93 bits per heavy atom. The molecule has 1 heterocycles. The molecule has 0 aromatic rings. The van der Waals surface area contributed by atoms with Crippen LogP contribution in [0.1, 0.15) is 51.9 Å². The molecule has 2 fully saturated rings. The lowest BCUT2D eigenvalue weighted by Gasteiger charge is -2.26. The van der Waals surface area contributed by atoms with Crippen molar-refractivity contribution < 1.29 is 19.7 Å². The zero-order chi connectivity index (χ0) is 21.3. The highest BCUT2D eigenvalue weighted by Crippen LogP contribution is 2.48. The second kappa shape index (κ2) is 12.3. The molecule has 170 valence electrons. The number of morpholine rings is 1. The van der Waals surface area contributed by atoms with Crippen molar-refractivity contribution in [2.45, 2.75) is 64.1 Å². The van der Waals surface area contributed by atoms with Crippen molar-refractivity contribution in [2.24, 2.45) is 17.8 Å². The Kier molecular flexibility index (Phi) is 9.75. The van der Waals surface area contributed by atoms with E-state index in [1.54, 1.807) is 11.8 Å². The van der Waals surface area contributed by atoms with Crippen LogP contribution in [0, 0.1) is 17.8 Å². The number of thioether (sulfide) groups is 1. The number of unbranched alkanes of at least 4 members (excludes halogenated alkanes) is 2. The Morgan fingerprint density at radius 1 is 1.37 bits per heavy atom. The first-order valence-corrected chi connectivity index (χ1v) is 12.9. The predicted octanol–water partition coefficient (Wildman–Crippen LogP) is 3.41. The minimum absolute atomic E-state index is 0.153.